The maximum absolute atomic E-state index is 13.0. The van der Waals surface area contributed by atoms with E-state index in [0.29, 0.717) is 11.3 Å². The number of carbonyl (C=O) groups excluding carboxylic acids is 2. The van der Waals surface area contributed by atoms with Crippen LogP contribution in [0.4, 0.5) is 0 Å². The summed E-state index contributed by atoms with van der Waals surface area (Å²) in [6.07, 6.45) is 3.32. The Balaban J connectivity index is 1.83. The molecule has 0 radical (unpaired) electrons. The molecule has 0 bridgehead atoms. The monoisotopic (exact) mass is 420 g/mol. The van der Waals surface area contributed by atoms with Crippen molar-refractivity contribution in [1.82, 2.24) is 9.88 Å². The number of rotatable bonds is 5. The molecule has 3 heterocycles. The Morgan fingerprint density at radius 1 is 1.23 bits per heavy atom. The zero-order valence-corrected chi connectivity index (χ0v) is 17.3. The van der Waals surface area contributed by atoms with Crippen LogP contribution in [0.25, 0.3) is 5.76 Å². The first-order valence-electron chi connectivity index (χ1n) is 9.37. The molecule has 6 nitrogen and oxygen atoms in total. The molecule has 1 aliphatic heterocycles. The van der Waals surface area contributed by atoms with Crippen molar-refractivity contribution in [3.05, 3.63) is 87.4 Å². The van der Waals surface area contributed by atoms with E-state index in [0.717, 1.165) is 16.0 Å². The molecule has 0 aliphatic carbocycles. The van der Waals surface area contributed by atoms with Gasteiger partial charge in [0.05, 0.1) is 18.7 Å². The van der Waals surface area contributed by atoms with Crippen LogP contribution in [0.2, 0.25) is 0 Å². The average molecular weight is 420 g/mol. The maximum Gasteiger partial charge on any atom is 0.295 e. The van der Waals surface area contributed by atoms with Gasteiger partial charge in [-0.05, 0) is 53.8 Å². The Hall–Kier alpha value is -3.45. The van der Waals surface area contributed by atoms with Gasteiger partial charge in [0.15, 0.2) is 0 Å². The highest BCUT2D eigenvalue weighted by molar-refractivity contribution is 7.10. The number of likely N-dealkylation sites (tertiary alicyclic amines) is 1. The predicted molar refractivity (Wildman–Crippen MR) is 114 cm³/mol. The molecule has 7 heteroatoms. The number of thiophene rings is 1. The second kappa shape index (κ2) is 8.12. The summed E-state index contributed by atoms with van der Waals surface area (Å²) in [6.45, 7) is 2.08. The first kappa shape index (κ1) is 19.8. The van der Waals surface area contributed by atoms with Gasteiger partial charge in [-0.2, -0.15) is 0 Å². The summed E-state index contributed by atoms with van der Waals surface area (Å²) in [4.78, 5) is 32.3. The number of ether oxygens (including phenoxy) is 1. The van der Waals surface area contributed by atoms with Gasteiger partial charge in [0.1, 0.15) is 11.5 Å². The first-order valence-corrected chi connectivity index (χ1v) is 10.2. The van der Waals surface area contributed by atoms with Crippen molar-refractivity contribution in [2.24, 2.45) is 0 Å². The van der Waals surface area contributed by atoms with Crippen molar-refractivity contribution in [3.8, 4) is 5.75 Å². The molecule has 152 valence electrons. The third kappa shape index (κ3) is 3.48. The molecule has 1 N–H and O–H groups in total. The van der Waals surface area contributed by atoms with Crippen LogP contribution in [0.1, 0.15) is 27.6 Å². The van der Waals surface area contributed by atoms with Crippen molar-refractivity contribution in [1.29, 1.82) is 0 Å². The third-order valence-corrected chi connectivity index (χ3v) is 6.02. The summed E-state index contributed by atoms with van der Waals surface area (Å²) in [5, 5.41) is 13.0. The Labute approximate surface area is 178 Å². The molecule has 1 aliphatic rings. The van der Waals surface area contributed by atoms with Gasteiger partial charge in [-0.15, -0.1) is 11.3 Å². The molecule has 1 unspecified atom stereocenters. The Morgan fingerprint density at radius 3 is 2.70 bits per heavy atom. The predicted octanol–water partition coefficient (Wildman–Crippen LogP) is 4.08. The van der Waals surface area contributed by atoms with Crippen molar-refractivity contribution in [3.63, 3.8) is 0 Å². The van der Waals surface area contributed by atoms with E-state index in [-0.39, 0.29) is 17.9 Å². The van der Waals surface area contributed by atoms with Crippen molar-refractivity contribution in [2.45, 2.75) is 19.5 Å². The molecule has 1 fully saturated rings. The number of ketones is 1. The van der Waals surface area contributed by atoms with E-state index in [4.69, 9.17) is 4.74 Å². The van der Waals surface area contributed by atoms with Crippen LogP contribution in [-0.4, -0.2) is 33.8 Å². The summed E-state index contributed by atoms with van der Waals surface area (Å²) < 4.78 is 5.28. The molecular weight excluding hydrogens is 400 g/mol. The number of amides is 1. The topological polar surface area (TPSA) is 79.7 Å². The van der Waals surface area contributed by atoms with Crippen LogP contribution >= 0.6 is 11.3 Å². The van der Waals surface area contributed by atoms with E-state index < -0.39 is 17.7 Å². The van der Waals surface area contributed by atoms with E-state index in [1.54, 1.807) is 43.8 Å². The van der Waals surface area contributed by atoms with Crippen molar-refractivity contribution < 1.29 is 19.4 Å². The summed E-state index contributed by atoms with van der Waals surface area (Å²) in [7, 11) is 1.57. The lowest BCUT2D eigenvalue weighted by Crippen LogP contribution is -2.28. The Bertz CT molecular complexity index is 1120. The molecule has 0 spiro atoms. The lowest BCUT2D eigenvalue weighted by molar-refractivity contribution is -0.140. The van der Waals surface area contributed by atoms with E-state index in [9.17, 15) is 14.7 Å². The number of aromatic nitrogens is 1. The molecular formula is C23H20N2O4S. The van der Waals surface area contributed by atoms with E-state index >= 15 is 0 Å². The number of aliphatic hydroxyl groups excluding tert-OH is 1. The standard InChI is InChI=1S/C23H20N2O4S/c1-14-11-16(7-8-17(14)29-2)21(26)19-20(18-6-4-10-30-18)25(23(28)22(19)27)13-15-5-3-9-24-12-15/h3-12,20,26H,13H2,1-2H3/b21-19+. The van der Waals surface area contributed by atoms with Gasteiger partial charge < -0.3 is 14.7 Å². The Morgan fingerprint density at radius 2 is 2.07 bits per heavy atom. The highest BCUT2D eigenvalue weighted by Crippen LogP contribution is 2.42. The molecule has 3 aromatic rings. The fourth-order valence-electron chi connectivity index (χ4n) is 3.66. The number of aryl methyl sites for hydroxylation is 1. The van der Waals surface area contributed by atoms with Crippen LogP contribution in [0.15, 0.2) is 65.8 Å². The van der Waals surface area contributed by atoms with E-state index in [1.165, 1.54) is 16.2 Å². The molecule has 2 aromatic heterocycles. The lowest BCUT2D eigenvalue weighted by atomic mass is 9.98. The third-order valence-electron chi connectivity index (χ3n) is 5.10. The molecule has 0 saturated carbocycles. The summed E-state index contributed by atoms with van der Waals surface area (Å²) in [6, 6.07) is 11.9. The molecule has 4 rings (SSSR count). The largest absolute Gasteiger partial charge is 0.507 e. The lowest BCUT2D eigenvalue weighted by Gasteiger charge is -2.24. The number of carbonyl (C=O) groups is 2. The van der Waals surface area contributed by atoms with Gasteiger partial charge in [0, 0.05) is 29.4 Å². The molecule has 1 atom stereocenters. The van der Waals surface area contributed by atoms with Crippen LogP contribution in [0, 0.1) is 6.92 Å². The number of hydrogen-bond acceptors (Lipinski definition) is 6. The maximum atomic E-state index is 13.0. The first-order chi connectivity index (χ1) is 14.5. The minimum absolute atomic E-state index is 0.0934. The van der Waals surface area contributed by atoms with Gasteiger partial charge in [-0.25, -0.2) is 0 Å². The SMILES string of the molecule is COc1ccc(/C(O)=C2\C(=O)C(=O)N(Cc3cccnc3)C2c2cccs2)cc1C. The molecule has 1 saturated heterocycles. The number of benzene rings is 1. The van der Waals surface area contributed by atoms with Gasteiger partial charge in [0.2, 0.25) is 0 Å². The van der Waals surface area contributed by atoms with Crippen LogP contribution in [0.5, 0.6) is 5.75 Å². The smallest absolute Gasteiger partial charge is 0.295 e. The fourth-order valence-corrected chi connectivity index (χ4v) is 4.50. The van der Waals surface area contributed by atoms with Crippen molar-refractivity contribution >= 4 is 28.8 Å². The number of methoxy groups -OCH3 is 1. The van der Waals surface area contributed by atoms with E-state index in [2.05, 4.69) is 4.98 Å². The number of pyridine rings is 1. The molecule has 1 amide bonds. The van der Waals surface area contributed by atoms with Crippen LogP contribution in [0.3, 0.4) is 0 Å². The zero-order chi connectivity index (χ0) is 21.3. The zero-order valence-electron chi connectivity index (χ0n) is 16.5. The van der Waals surface area contributed by atoms with Gasteiger partial charge in [0.25, 0.3) is 11.7 Å². The van der Waals surface area contributed by atoms with Gasteiger partial charge in [-0.1, -0.05) is 12.1 Å². The van der Waals surface area contributed by atoms with E-state index in [1.807, 2.05) is 30.5 Å². The highest BCUT2D eigenvalue weighted by atomic mass is 32.1. The average Bonchev–Trinajstić information content (AvgIpc) is 3.37. The molecule has 30 heavy (non-hydrogen) atoms. The minimum Gasteiger partial charge on any atom is -0.507 e. The number of nitrogens with zero attached hydrogens (tertiary/aromatic N) is 2. The Kier molecular flexibility index (Phi) is 5.37. The fraction of sp³-hybridized carbons (Fsp3) is 0.174. The van der Waals surface area contributed by atoms with Crippen molar-refractivity contribution in [2.75, 3.05) is 7.11 Å². The highest BCUT2D eigenvalue weighted by Gasteiger charge is 2.46. The summed E-state index contributed by atoms with van der Waals surface area (Å²) >= 11 is 1.44. The van der Waals surface area contributed by atoms with Gasteiger partial charge >= 0.3 is 0 Å². The van der Waals surface area contributed by atoms with Gasteiger partial charge in [-0.3, -0.25) is 14.6 Å². The summed E-state index contributed by atoms with van der Waals surface area (Å²) in [5.74, 6) is -0.836. The summed E-state index contributed by atoms with van der Waals surface area (Å²) in [5.41, 5.74) is 2.19. The normalized spacial score (nSPS) is 18.1. The quantitative estimate of drug-likeness (QED) is 0.382. The number of Topliss-reactive ketones (excluding diaryl/α,β-unsaturated/α-hetero) is 1. The van der Waals surface area contributed by atoms with Crippen LogP contribution < -0.4 is 4.74 Å². The molecule has 1 aromatic carbocycles. The number of hydrogen-bond donors (Lipinski definition) is 1. The second-order valence-corrected chi connectivity index (χ2v) is 7.97. The van der Waals surface area contributed by atoms with Crippen LogP contribution in [-0.2, 0) is 16.1 Å². The second-order valence-electron chi connectivity index (χ2n) is 6.99. The minimum atomic E-state index is -0.691. The number of aliphatic hydroxyl groups is 1.